The first-order valence-corrected chi connectivity index (χ1v) is 8.81. The summed E-state index contributed by atoms with van der Waals surface area (Å²) in [6, 6.07) is 0. The summed E-state index contributed by atoms with van der Waals surface area (Å²) in [5, 5.41) is 0. The molecule has 0 amide bonds. The van der Waals surface area contributed by atoms with Gasteiger partial charge in [0.1, 0.15) is 0 Å². The van der Waals surface area contributed by atoms with Crippen LogP contribution in [0.2, 0.25) is 0 Å². The monoisotopic (exact) mass is 254 g/mol. The summed E-state index contributed by atoms with van der Waals surface area (Å²) in [4.78, 5) is 0. The predicted octanol–water partition coefficient (Wildman–Crippen LogP) is 1.89. The number of nitrogens with zero attached hydrogens (tertiary/aromatic N) is 2. The van der Waals surface area contributed by atoms with Gasteiger partial charge in [-0.3, -0.25) is 0 Å². The zero-order valence-electron chi connectivity index (χ0n) is 8.55. The first-order chi connectivity index (χ1) is 5.71. The summed E-state index contributed by atoms with van der Waals surface area (Å²) in [5.74, 6) is 0. The second-order valence-electron chi connectivity index (χ2n) is 2.52. The van der Waals surface area contributed by atoms with E-state index in [0.717, 1.165) is 26.2 Å². The zero-order valence-corrected chi connectivity index (χ0v) is 11.2. The van der Waals surface area contributed by atoms with Crippen LogP contribution in [0.5, 0.6) is 0 Å². The normalized spacial score (nSPS) is 12.0. The number of hydrogen-bond acceptors (Lipinski definition) is 2. The van der Waals surface area contributed by atoms with Gasteiger partial charge >= 0.3 is 85.6 Å². The van der Waals surface area contributed by atoms with Gasteiger partial charge in [0.25, 0.3) is 0 Å². The Hall–Kier alpha value is 0.768. The minimum absolute atomic E-state index is 1.08. The molecule has 0 rings (SSSR count). The summed E-state index contributed by atoms with van der Waals surface area (Å²) in [5.41, 5.74) is 0. The first-order valence-electron chi connectivity index (χ1n) is 4.66. The van der Waals surface area contributed by atoms with E-state index >= 15 is 0 Å². The standard InChI is InChI=1S/C8H20AsClN2/c1-5-11(6-2)9(10)12(7-3)8-4/h5-8H2,1-4H3. The van der Waals surface area contributed by atoms with Crippen molar-refractivity contribution in [1.82, 2.24) is 7.63 Å². The molecule has 0 atom stereocenters. The minimum atomic E-state index is -1.36. The Balaban J connectivity index is 4.02. The molecular weight excluding hydrogens is 234 g/mol. The van der Waals surface area contributed by atoms with E-state index in [-0.39, 0.29) is 0 Å². The molecule has 0 aromatic carbocycles. The Bertz CT molecular complexity index is 93.2. The number of halogens is 1. The molecule has 0 N–H and O–H groups in total. The molecule has 0 aromatic rings. The van der Waals surface area contributed by atoms with E-state index in [9.17, 15) is 0 Å². The van der Waals surface area contributed by atoms with Crippen molar-refractivity contribution in [3.63, 3.8) is 0 Å². The van der Waals surface area contributed by atoms with Gasteiger partial charge in [-0.15, -0.1) is 0 Å². The SMILES string of the molecule is CCN(CC)[As](Cl)N(CC)CC. The molecule has 12 heavy (non-hydrogen) atoms. The second kappa shape index (κ2) is 7.20. The quantitative estimate of drug-likeness (QED) is 0.668. The molecule has 2 nitrogen and oxygen atoms in total. The van der Waals surface area contributed by atoms with Crippen LogP contribution in [0, 0.1) is 0 Å². The van der Waals surface area contributed by atoms with E-state index < -0.39 is 14.2 Å². The van der Waals surface area contributed by atoms with Crippen molar-refractivity contribution in [2.24, 2.45) is 0 Å². The van der Waals surface area contributed by atoms with Gasteiger partial charge in [-0.25, -0.2) is 0 Å². The molecule has 0 aromatic heterocycles. The van der Waals surface area contributed by atoms with Gasteiger partial charge in [-0.1, -0.05) is 0 Å². The molecule has 0 heterocycles. The van der Waals surface area contributed by atoms with Gasteiger partial charge in [0.2, 0.25) is 0 Å². The van der Waals surface area contributed by atoms with Crippen LogP contribution in [-0.2, 0) is 0 Å². The maximum absolute atomic E-state index is 6.41. The molecule has 0 aliphatic carbocycles. The Morgan fingerprint density at radius 3 is 1.25 bits per heavy atom. The van der Waals surface area contributed by atoms with Gasteiger partial charge < -0.3 is 0 Å². The molecule has 0 spiro atoms. The average Bonchev–Trinajstić information content (AvgIpc) is 2.09. The molecule has 0 aliphatic rings. The second-order valence-corrected chi connectivity index (χ2v) is 7.47. The van der Waals surface area contributed by atoms with E-state index in [4.69, 9.17) is 9.95 Å². The topological polar surface area (TPSA) is 6.48 Å². The number of rotatable bonds is 6. The third-order valence-corrected chi connectivity index (χ3v) is 8.48. The van der Waals surface area contributed by atoms with Crippen LogP contribution >= 0.6 is 9.95 Å². The Morgan fingerprint density at radius 2 is 1.08 bits per heavy atom. The molecule has 0 saturated carbocycles. The van der Waals surface area contributed by atoms with Crippen LogP contribution in [0.1, 0.15) is 27.7 Å². The van der Waals surface area contributed by atoms with Crippen molar-refractivity contribution in [1.29, 1.82) is 0 Å². The van der Waals surface area contributed by atoms with Crippen LogP contribution in [0.15, 0.2) is 0 Å². The van der Waals surface area contributed by atoms with Gasteiger partial charge in [-0.05, 0) is 0 Å². The molecular formula is C8H20AsClN2. The van der Waals surface area contributed by atoms with E-state index in [1.54, 1.807) is 0 Å². The molecule has 0 radical (unpaired) electrons. The van der Waals surface area contributed by atoms with Gasteiger partial charge in [0, 0.05) is 0 Å². The summed E-state index contributed by atoms with van der Waals surface area (Å²) in [6.45, 7) is 13.0. The fourth-order valence-electron chi connectivity index (χ4n) is 1.09. The number of hydrogen-bond donors (Lipinski definition) is 0. The molecule has 0 saturated heterocycles. The van der Waals surface area contributed by atoms with E-state index in [1.807, 2.05) is 0 Å². The maximum atomic E-state index is 6.41. The van der Waals surface area contributed by atoms with Crippen LogP contribution in [0.4, 0.5) is 0 Å². The summed E-state index contributed by atoms with van der Waals surface area (Å²) >= 11 is -1.36. The Labute approximate surface area is 85.7 Å². The average molecular weight is 255 g/mol. The molecule has 0 aliphatic heterocycles. The van der Waals surface area contributed by atoms with E-state index in [0.29, 0.717) is 0 Å². The molecule has 74 valence electrons. The molecule has 0 fully saturated rings. The fraction of sp³-hybridized carbons (Fsp3) is 1.00. The zero-order chi connectivity index (χ0) is 9.56. The van der Waals surface area contributed by atoms with Crippen LogP contribution in [-0.4, -0.2) is 48.0 Å². The van der Waals surface area contributed by atoms with Crippen molar-refractivity contribution in [2.75, 3.05) is 26.2 Å². The molecule has 0 bridgehead atoms. The fourth-order valence-corrected chi connectivity index (χ4v) is 6.02. The van der Waals surface area contributed by atoms with Crippen LogP contribution in [0.25, 0.3) is 0 Å². The molecule has 0 unspecified atom stereocenters. The summed E-state index contributed by atoms with van der Waals surface area (Å²) < 4.78 is 4.78. The van der Waals surface area contributed by atoms with E-state index in [2.05, 4.69) is 35.3 Å². The third kappa shape index (κ3) is 3.65. The summed E-state index contributed by atoms with van der Waals surface area (Å²) in [6.07, 6.45) is 0. The third-order valence-electron chi connectivity index (χ3n) is 1.93. The van der Waals surface area contributed by atoms with Crippen molar-refractivity contribution >= 4 is 24.1 Å². The van der Waals surface area contributed by atoms with Crippen LogP contribution < -0.4 is 0 Å². The van der Waals surface area contributed by atoms with Gasteiger partial charge in [0.05, 0.1) is 0 Å². The van der Waals surface area contributed by atoms with Crippen molar-refractivity contribution < 1.29 is 0 Å². The molecule has 4 heteroatoms. The van der Waals surface area contributed by atoms with E-state index in [1.165, 1.54) is 0 Å². The van der Waals surface area contributed by atoms with Gasteiger partial charge in [0.15, 0.2) is 0 Å². The first kappa shape index (κ1) is 12.8. The Morgan fingerprint density at radius 1 is 0.833 bits per heavy atom. The predicted molar refractivity (Wildman–Crippen MR) is 57.4 cm³/mol. The van der Waals surface area contributed by atoms with Crippen molar-refractivity contribution in [3.8, 4) is 0 Å². The summed E-state index contributed by atoms with van der Waals surface area (Å²) in [7, 11) is 6.41. The Kier molecular flexibility index (Phi) is 7.66. The van der Waals surface area contributed by atoms with Crippen LogP contribution in [0.3, 0.4) is 0 Å². The van der Waals surface area contributed by atoms with Crippen molar-refractivity contribution in [2.45, 2.75) is 27.7 Å². The van der Waals surface area contributed by atoms with Gasteiger partial charge in [-0.2, -0.15) is 0 Å². The van der Waals surface area contributed by atoms with Crippen molar-refractivity contribution in [3.05, 3.63) is 0 Å².